The Balaban J connectivity index is 2.25. The van der Waals surface area contributed by atoms with Gasteiger partial charge in [0.1, 0.15) is 0 Å². The van der Waals surface area contributed by atoms with Crippen LogP contribution in [0.5, 0.6) is 0 Å². The quantitative estimate of drug-likeness (QED) is 0.465. The summed E-state index contributed by atoms with van der Waals surface area (Å²) < 4.78 is 38.3. The summed E-state index contributed by atoms with van der Waals surface area (Å²) in [6.07, 6.45) is -2.83. The van der Waals surface area contributed by atoms with Crippen LogP contribution in [-0.4, -0.2) is 5.90 Å². The van der Waals surface area contributed by atoms with Gasteiger partial charge in [-0.2, -0.15) is 13.2 Å². The van der Waals surface area contributed by atoms with Crippen LogP contribution in [0.1, 0.15) is 11.1 Å². The highest BCUT2D eigenvalue weighted by atomic mass is 32.1. The van der Waals surface area contributed by atoms with Crippen molar-refractivity contribution in [3.8, 4) is 0 Å². The topological polar surface area (TPSA) is 39.3 Å². The molecule has 94 valence electrons. The Kier molecular flexibility index (Phi) is 3.33. The number of alkyl halides is 3. The number of benzene rings is 1. The lowest BCUT2D eigenvalue weighted by Crippen LogP contribution is -2.31. The Bertz CT molecular complexity index is 547. The van der Waals surface area contributed by atoms with Crippen LogP contribution >= 0.6 is 11.3 Å². The normalized spacial score (nSPS) is 12.7. The lowest BCUT2D eigenvalue weighted by molar-refractivity contribution is -0.676. The summed E-state index contributed by atoms with van der Waals surface area (Å²) in [5, 5.41) is 17.0. The first-order valence-electron chi connectivity index (χ1n) is 4.84. The van der Waals surface area contributed by atoms with Gasteiger partial charge in [0.05, 0.1) is 16.8 Å². The average molecular weight is 272 g/mol. The minimum absolute atomic E-state index is 0.113. The molecule has 0 bridgehead atoms. The third kappa shape index (κ3) is 2.86. The van der Waals surface area contributed by atoms with Crippen LogP contribution in [0.3, 0.4) is 0 Å². The third-order valence-corrected chi connectivity index (χ3v) is 2.74. The Hall–Kier alpha value is -1.89. The summed E-state index contributed by atoms with van der Waals surface area (Å²) in [7, 11) is 0. The summed E-state index contributed by atoms with van der Waals surface area (Å²) in [4.78, 5) is 0. The number of thiazole rings is 1. The molecule has 2 rings (SSSR count). The van der Waals surface area contributed by atoms with E-state index in [0.29, 0.717) is 0 Å². The van der Waals surface area contributed by atoms with Crippen LogP contribution in [0.25, 0.3) is 0 Å². The van der Waals surface area contributed by atoms with Crippen LogP contribution in [0.2, 0.25) is 0 Å². The van der Waals surface area contributed by atoms with E-state index in [0.717, 1.165) is 24.3 Å². The molecule has 0 aliphatic heterocycles. The molecule has 0 unspecified atom stereocenters. The summed E-state index contributed by atoms with van der Waals surface area (Å²) in [6.45, 7) is 0. The van der Waals surface area contributed by atoms with Crippen molar-refractivity contribution in [2.24, 2.45) is 5.10 Å². The van der Waals surface area contributed by atoms with Gasteiger partial charge in [-0.05, 0) is 27.5 Å². The van der Waals surface area contributed by atoms with Crippen LogP contribution in [0, 0.1) is 0 Å². The zero-order valence-corrected chi connectivity index (χ0v) is 9.70. The maximum atomic E-state index is 12.3. The molecule has 0 radical (unpaired) electrons. The zero-order valence-electron chi connectivity index (χ0n) is 8.89. The van der Waals surface area contributed by atoms with Crippen molar-refractivity contribution in [2.45, 2.75) is 6.18 Å². The fraction of sp³-hybridized carbons (Fsp3) is 0.0909. The van der Waals surface area contributed by atoms with E-state index in [9.17, 15) is 18.3 Å². The predicted molar refractivity (Wildman–Crippen MR) is 57.9 cm³/mol. The lowest BCUT2D eigenvalue weighted by atomic mass is 10.1. The highest BCUT2D eigenvalue weighted by Crippen LogP contribution is 2.28. The Morgan fingerprint density at radius 3 is 2.39 bits per heavy atom. The average Bonchev–Trinajstić information content (AvgIpc) is 2.81. The highest BCUT2D eigenvalue weighted by molar-refractivity contribution is 7.07. The molecule has 1 aromatic heterocycles. The predicted octanol–water partition coefficient (Wildman–Crippen LogP) is 1.62. The second-order valence-corrected chi connectivity index (χ2v) is 4.14. The smallest absolute Gasteiger partial charge is 0.416 e. The standard InChI is InChI=1S/C11H7F3N2OS/c12-11(13,14)9-3-1-8(2-4-9)10(17)15-16-5-6-18-7-16/h1-7H. The first kappa shape index (κ1) is 12.6. The van der Waals surface area contributed by atoms with Gasteiger partial charge >= 0.3 is 6.18 Å². The molecular formula is C11H7F3N2OS. The molecule has 0 aliphatic rings. The SMILES string of the molecule is [O-]/C(=N\[n+]1ccsc1)c1ccc(C(F)(F)F)cc1. The van der Waals surface area contributed by atoms with Gasteiger partial charge in [0.2, 0.25) is 6.20 Å². The minimum atomic E-state index is -4.40. The van der Waals surface area contributed by atoms with Crippen molar-refractivity contribution in [3.63, 3.8) is 0 Å². The summed E-state index contributed by atoms with van der Waals surface area (Å²) in [5.41, 5.74) is 0.922. The van der Waals surface area contributed by atoms with E-state index in [1.807, 2.05) is 0 Å². The van der Waals surface area contributed by atoms with Crippen molar-refractivity contribution in [1.82, 2.24) is 0 Å². The van der Waals surface area contributed by atoms with Gasteiger partial charge < -0.3 is 5.11 Å². The largest absolute Gasteiger partial charge is 0.854 e. The summed E-state index contributed by atoms with van der Waals surface area (Å²) in [5.74, 6) is -0.591. The van der Waals surface area contributed by atoms with Gasteiger partial charge in [0, 0.05) is 0 Å². The number of halogens is 3. The first-order chi connectivity index (χ1) is 8.47. The molecule has 18 heavy (non-hydrogen) atoms. The van der Waals surface area contributed by atoms with Gasteiger partial charge in [0.15, 0.2) is 0 Å². The molecule has 2 aromatic rings. The third-order valence-electron chi connectivity index (χ3n) is 2.13. The van der Waals surface area contributed by atoms with E-state index in [1.165, 1.54) is 16.0 Å². The molecule has 0 fully saturated rings. The summed E-state index contributed by atoms with van der Waals surface area (Å²) in [6, 6.07) is 3.95. The molecule has 0 spiro atoms. The second-order valence-electron chi connectivity index (χ2n) is 3.39. The van der Waals surface area contributed by atoms with Crippen LogP contribution in [0.4, 0.5) is 13.2 Å². The fourth-order valence-electron chi connectivity index (χ4n) is 1.25. The van der Waals surface area contributed by atoms with Gasteiger partial charge in [0.25, 0.3) is 5.51 Å². The zero-order chi connectivity index (χ0) is 13.2. The van der Waals surface area contributed by atoms with Crippen LogP contribution < -0.4 is 9.78 Å². The fourth-order valence-corrected chi connectivity index (χ4v) is 1.76. The van der Waals surface area contributed by atoms with Gasteiger partial charge in [-0.15, -0.1) is 0 Å². The van der Waals surface area contributed by atoms with Crippen molar-refractivity contribution >= 4 is 17.2 Å². The van der Waals surface area contributed by atoms with E-state index in [1.54, 1.807) is 17.1 Å². The van der Waals surface area contributed by atoms with Gasteiger partial charge in [-0.3, -0.25) is 0 Å². The maximum absolute atomic E-state index is 12.3. The van der Waals surface area contributed by atoms with Crippen molar-refractivity contribution in [3.05, 3.63) is 52.5 Å². The highest BCUT2D eigenvalue weighted by Gasteiger charge is 2.29. The van der Waals surface area contributed by atoms with E-state index >= 15 is 0 Å². The molecule has 3 nitrogen and oxygen atoms in total. The van der Waals surface area contributed by atoms with Crippen molar-refractivity contribution in [1.29, 1.82) is 0 Å². The van der Waals surface area contributed by atoms with Crippen molar-refractivity contribution in [2.75, 3.05) is 0 Å². The molecule has 0 saturated heterocycles. The lowest BCUT2D eigenvalue weighted by Gasteiger charge is -2.09. The van der Waals surface area contributed by atoms with E-state index in [4.69, 9.17) is 0 Å². The van der Waals surface area contributed by atoms with Crippen LogP contribution in [-0.2, 0) is 6.18 Å². The van der Waals surface area contributed by atoms with Crippen molar-refractivity contribution < 1.29 is 23.0 Å². The molecule has 0 amide bonds. The van der Waals surface area contributed by atoms with Crippen LogP contribution in [0.15, 0.2) is 46.5 Å². The number of nitrogens with zero attached hydrogens (tertiary/aromatic N) is 2. The number of hydrogen-bond acceptors (Lipinski definition) is 3. The minimum Gasteiger partial charge on any atom is -0.854 e. The van der Waals surface area contributed by atoms with Gasteiger partial charge in [-0.25, -0.2) is 0 Å². The number of hydrogen-bond donors (Lipinski definition) is 0. The Morgan fingerprint density at radius 1 is 1.22 bits per heavy atom. The molecule has 0 atom stereocenters. The number of rotatable bonds is 2. The monoisotopic (exact) mass is 272 g/mol. The van der Waals surface area contributed by atoms with E-state index in [-0.39, 0.29) is 5.56 Å². The molecule has 1 aromatic carbocycles. The Labute approximate surface area is 104 Å². The number of aromatic nitrogens is 1. The molecule has 0 saturated carbocycles. The Morgan fingerprint density at radius 2 is 1.89 bits per heavy atom. The molecule has 0 aliphatic carbocycles. The molecule has 0 N–H and O–H groups in total. The molecule has 7 heteroatoms. The van der Waals surface area contributed by atoms with E-state index in [2.05, 4.69) is 5.10 Å². The van der Waals surface area contributed by atoms with E-state index < -0.39 is 17.6 Å². The first-order valence-corrected chi connectivity index (χ1v) is 5.78. The second kappa shape index (κ2) is 4.77. The molecule has 1 heterocycles. The summed E-state index contributed by atoms with van der Waals surface area (Å²) >= 11 is 1.35. The maximum Gasteiger partial charge on any atom is 0.416 e. The molecular weight excluding hydrogens is 265 g/mol. The van der Waals surface area contributed by atoms with Gasteiger partial charge in [-0.1, -0.05) is 23.5 Å².